The van der Waals surface area contributed by atoms with E-state index >= 15 is 0 Å². The van der Waals surface area contributed by atoms with Crippen molar-refractivity contribution in [1.29, 1.82) is 0 Å². The normalized spacial score (nSPS) is 11.7. The molecule has 0 fully saturated rings. The molecule has 2 rings (SSSR count). The number of hydrogen-bond donors (Lipinski definition) is 1. The van der Waals surface area contributed by atoms with Crippen molar-refractivity contribution in [1.82, 2.24) is 9.97 Å². The zero-order valence-electron chi connectivity index (χ0n) is 10.1. The van der Waals surface area contributed by atoms with E-state index in [1.165, 1.54) is 0 Å². The molecule has 1 N–H and O–H groups in total. The quantitative estimate of drug-likeness (QED) is 0.812. The molecule has 84 valence electrons. The average Bonchev–Trinajstić information content (AvgIpc) is 2.65. The van der Waals surface area contributed by atoms with Crippen LogP contribution in [0.5, 0.6) is 0 Å². The third-order valence-electron chi connectivity index (χ3n) is 2.39. The summed E-state index contributed by atoms with van der Waals surface area (Å²) in [5.74, 6) is 0.958. The molecule has 2 nitrogen and oxygen atoms in total. The van der Waals surface area contributed by atoms with Crippen molar-refractivity contribution in [3.05, 3.63) is 42.2 Å². The summed E-state index contributed by atoms with van der Waals surface area (Å²) >= 11 is 0. The van der Waals surface area contributed by atoms with Crippen molar-refractivity contribution in [2.24, 2.45) is 5.41 Å². The van der Waals surface area contributed by atoms with E-state index in [-0.39, 0.29) is 5.41 Å². The second-order valence-corrected chi connectivity index (χ2v) is 5.34. The minimum Gasteiger partial charge on any atom is -0.344 e. The van der Waals surface area contributed by atoms with Gasteiger partial charge in [-0.1, -0.05) is 51.1 Å². The second-order valence-electron chi connectivity index (χ2n) is 5.34. The molecule has 2 heteroatoms. The Labute approximate surface area is 96.7 Å². The van der Waals surface area contributed by atoms with Gasteiger partial charge in [-0.15, -0.1) is 0 Å². The van der Waals surface area contributed by atoms with Crippen LogP contribution >= 0.6 is 0 Å². The molecule has 1 aromatic carbocycles. The van der Waals surface area contributed by atoms with Crippen molar-refractivity contribution < 1.29 is 0 Å². The highest BCUT2D eigenvalue weighted by Crippen LogP contribution is 2.21. The van der Waals surface area contributed by atoms with Crippen LogP contribution in [0.3, 0.4) is 0 Å². The first kappa shape index (κ1) is 10.9. The fourth-order valence-corrected chi connectivity index (χ4v) is 1.74. The minimum atomic E-state index is 0.281. The molecular formula is C14H18N2. The maximum Gasteiger partial charge on any atom is 0.137 e. The molecule has 0 bridgehead atoms. The third kappa shape index (κ3) is 2.72. The first-order valence-corrected chi connectivity index (χ1v) is 5.64. The molecule has 0 radical (unpaired) electrons. The Morgan fingerprint density at radius 1 is 1.12 bits per heavy atom. The summed E-state index contributed by atoms with van der Waals surface area (Å²) in [5.41, 5.74) is 2.55. The van der Waals surface area contributed by atoms with Crippen LogP contribution in [0.25, 0.3) is 11.4 Å². The minimum absolute atomic E-state index is 0.281. The Kier molecular flexibility index (Phi) is 2.82. The Bertz CT molecular complexity index is 449. The van der Waals surface area contributed by atoms with Crippen LogP contribution in [0.1, 0.15) is 26.5 Å². The van der Waals surface area contributed by atoms with E-state index in [4.69, 9.17) is 0 Å². The molecule has 1 heterocycles. The van der Waals surface area contributed by atoms with Crippen LogP contribution in [0.15, 0.2) is 36.5 Å². The number of rotatable bonds is 2. The van der Waals surface area contributed by atoms with Crippen molar-refractivity contribution in [3.63, 3.8) is 0 Å². The molecule has 0 spiro atoms. The van der Waals surface area contributed by atoms with Crippen LogP contribution < -0.4 is 0 Å². The Hall–Kier alpha value is -1.57. The number of nitrogens with one attached hydrogen (secondary N) is 1. The lowest BCUT2D eigenvalue weighted by Crippen LogP contribution is -2.09. The van der Waals surface area contributed by atoms with E-state index in [9.17, 15) is 0 Å². The van der Waals surface area contributed by atoms with E-state index in [1.54, 1.807) is 0 Å². The molecule has 0 aliphatic heterocycles. The monoisotopic (exact) mass is 214 g/mol. The van der Waals surface area contributed by atoms with E-state index < -0.39 is 0 Å². The maximum atomic E-state index is 4.61. The van der Waals surface area contributed by atoms with Crippen molar-refractivity contribution in [2.75, 3.05) is 0 Å². The smallest absolute Gasteiger partial charge is 0.137 e. The molecule has 0 aliphatic carbocycles. The van der Waals surface area contributed by atoms with E-state index in [2.05, 4.69) is 42.9 Å². The predicted molar refractivity (Wildman–Crippen MR) is 67.2 cm³/mol. The number of hydrogen-bond acceptors (Lipinski definition) is 1. The summed E-state index contributed by atoms with van der Waals surface area (Å²) in [6.45, 7) is 6.68. The maximum absolute atomic E-state index is 4.61. The lowest BCUT2D eigenvalue weighted by atomic mass is 9.91. The van der Waals surface area contributed by atoms with Gasteiger partial charge in [0.15, 0.2) is 0 Å². The molecule has 16 heavy (non-hydrogen) atoms. The molecule has 0 unspecified atom stereocenters. The Balaban J connectivity index is 2.21. The fourth-order valence-electron chi connectivity index (χ4n) is 1.74. The predicted octanol–water partition coefficient (Wildman–Crippen LogP) is 3.67. The number of imidazole rings is 1. The second kappa shape index (κ2) is 4.12. The Morgan fingerprint density at radius 2 is 1.81 bits per heavy atom. The highest BCUT2D eigenvalue weighted by Gasteiger charge is 2.13. The number of aromatic amines is 1. The first-order chi connectivity index (χ1) is 7.54. The van der Waals surface area contributed by atoms with Gasteiger partial charge in [-0.2, -0.15) is 0 Å². The standard InChI is InChI=1S/C14H18N2/c1-14(2,3)9-12-10-15-13(16-12)11-7-5-4-6-8-11/h4-8,10H,9H2,1-3H3,(H,15,16). The largest absolute Gasteiger partial charge is 0.344 e. The summed E-state index contributed by atoms with van der Waals surface area (Å²) in [7, 11) is 0. The molecule has 0 saturated heterocycles. The van der Waals surface area contributed by atoms with E-state index in [0.717, 1.165) is 23.5 Å². The van der Waals surface area contributed by atoms with Gasteiger partial charge in [-0.3, -0.25) is 0 Å². The lowest BCUT2D eigenvalue weighted by Gasteiger charge is -2.15. The summed E-state index contributed by atoms with van der Waals surface area (Å²) in [4.78, 5) is 7.84. The van der Waals surface area contributed by atoms with E-state index in [1.807, 2.05) is 24.4 Å². The van der Waals surface area contributed by atoms with Crippen LogP contribution in [0, 0.1) is 5.41 Å². The third-order valence-corrected chi connectivity index (χ3v) is 2.39. The molecule has 0 aliphatic rings. The van der Waals surface area contributed by atoms with Gasteiger partial charge in [0.05, 0.1) is 5.69 Å². The molecule has 0 saturated carbocycles. The van der Waals surface area contributed by atoms with Crippen LogP contribution in [0.4, 0.5) is 0 Å². The van der Waals surface area contributed by atoms with Gasteiger partial charge in [0.1, 0.15) is 5.82 Å². The van der Waals surface area contributed by atoms with Gasteiger partial charge < -0.3 is 4.98 Å². The zero-order valence-corrected chi connectivity index (χ0v) is 10.1. The van der Waals surface area contributed by atoms with Gasteiger partial charge in [0.25, 0.3) is 0 Å². The average molecular weight is 214 g/mol. The number of H-pyrrole nitrogens is 1. The summed E-state index contributed by atoms with van der Waals surface area (Å²) in [6, 6.07) is 10.2. The number of benzene rings is 1. The van der Waals surface area contributed by atoms with Gasteiger partial charge >= 0.3 is 0 Å². The van der Waals surface area contributed by atoms with Crippen LogP contribution in [-0.2, 0) is 6.42 Å². The van der Waals surface area contributed by atoms with Gasteiger partial charge in [-0.25, -0.2) is 4.98 Å². The van der Waals surface area contributed by atoms with E-state index in [0.29, 0.717) is 0 Å². The molecule has 0 amide bonds. The fraction of sp³-hybridized carbons (Fsp3) is 0.357. The molecule has 2 aromatic rings. The summed E-state index contributed by atoms with van der Waals surface area (Å²) < 4.78 is 0. The van der Waals surface area contributed by atoms with Crippen molar-refractivity contribution in [2.45, 2.75) is 27.2 Å². The number of aromatic nitrogens is 2. The first-order valence-electron chi connectivity index (χ1n) is 5.64. The summed E-state index contributed by atoms with van der Waals surface area (Å²) in [6.07, 6.45) is 3.00. The van der Waals surface area contributed by atoms with Gasteiger partial charge in [0, 0.05) is 11.8 Å². The number of nitrogens with zero attached hydrogens (tertiary/aromatic N) is 1. The van der Waals surface area contributed by atoms with Gasteiger partial charge in [0.2, 0.25) is 0 Å². The molecule has 0 atom stereocenters. The topological polar surface area (TPSA) is 28.7 Å². The lowest BCUT2D eigenvalue weighted by molar-refractivity contribution is 0.407. The highest BCUT2D eigenvalue weighted by molar-refractivity contribution is 5.54. The zero-order chi connectivity index (χ0) is 11.6. The van der Waals surface area contributed by atoms with Crippen LogP contribution in [-0.4, -0.2) is 9.97 Å². The Morgan fingerprint density at radius 3 is 2.44 bits per heavy atom. The molecule has 1 aromatic heterocycles. The van der Waals surface area contributed by atoms with Gasteiger partial charge in [-0.05, 0) is 11.8 Å². The summed E-state index contributed by atoms with van der Waals surface area (Å²) in [5, 5.41) is 0. The highest BCUT2D eigenvalue weighted by atomic mass is 14.9. The van der Waals surface area contributed by atoms with Crippen molar-refractivity contribution in [3.8, 4) is 11.4 Å². The SMILES string of the molecule is CC(C)(C)Cc1c[nH]c(-c2ccccc2)n1. The van der Waals surface area contributed by atoms with Crippen molar-refractivity contribution >= 4 is 0 Å². The molecular weight excluding hydrogens is 196 g/mol. The van der Waals surface area contributed by atoms with Crippen LogP contribution in [0.2, 0.25) is 0 Å².